The highest BCUT2D eigenvalue weighted by atomic mass is 16.6. The van der Waals surface area contributed by atoms with E-state index in [1.807, 2.05) is 0 Å². The van der Waals surface area contributed by atoms with Crippen molar-refractivity contribution in [1.82, 2.24) is 0 Å². The molecule has 0 rings (SSSR count). The highest BCUT2D eigenvalue weighted by Crippen LogP contribution is 2.15. The van der Waals surface area contributed by atoms with Crippen LogP contribution in [0, 0.1) is 0 Å². The molecule has 0 heterocycles. The smallest absolute Gasteiger partial charge is 0.306 e. The van der Waals surface area contributed by atoms with Gasteiger partial charge in [-0.15, -0.1) is 0 Å². The van der Waals surface area contributed by atoms with Gasteiger partial charge in [0.25, 0.3) is 0 Å². The zero-order chi connectivity index (χ0) is 46.5. The Labute approximate surface area is 397 Å². The summed E-state index contributed by atoms with van der Waals surface area (Å²) in [4.78, 5) is 37.7. The quantitative estimate of drug-likeness (QED) is 0.0262. The fourth-order valence-corrected chi connectivity index (χ4v) is 7.86. The molecular weight excluding hydrogens is 793 g/mol. The first kappa shape index (κ1) is 61.4. The molecule has 0 saturated heterocycles. The lowest BCUT2D eigenvalue weighted by molar-refractivity contribution is -0.167. The average molecular weight is 897 g/mol. The molecule has 6 heteroatoms. The SMILES string of the molecule is CCCCCCC/C=C\C/C=C\C/C=C\CCCCCCCCCCC(=O)OCC(COC(=O)CCCCCCC)OC(=O)CCCCCCCCC/C=C\CCCCCCCCC. The molecule has 0 fully saturated rings. The Hall–Kier alpha value is -2.63. The molecule has 0 bridgehead atoms. The molecule has 372 valence electrons. The minimum Gasteiger partial charge on any atom is -0.462 e. The minimum atomic E-state index is -0.774. The normalized spacial score (nSPS) is 12.4. The molecule has 0 aromatic heterocycles. The van der Waals surface area contributed by atoms with Crippen LogP contribution in [-0.4, -0.2) is 37.2 Å². The Kier molecular flexibility index (Phi) is 50.8. The fraction of sp³-hybridized carbons (Fsp3) is 0.810. The molecule has 0 aromatic carbocycles. The van der Waals surface area contributed by atoms with Crippen molar-refractivity contribution in [3.8, 4) is 0 Å². The van der Waals surface area contributed by atoms with E-state index in [1.165, 1.54) is 161 Å². The van der Waals surface area contributed by atoms with Crippen LogP contribution in [0.1, 0.15) is 284 Å². The van der Waals surface area contributed by atoms with Gasteiger partial charge < -0.3 is 14.2 Å². The summed E-state index contributed by atoms with van der Waals surface area (Å²) in [6.45, 7) is 6.55. The second-order valence-corrected chi connectivity index (χ2v) is 18.5. The number of unbranched alkanes of at least 4 members (excludes halogenated alkanes) is 31. The third-order valence-electron chi connectivity index (χ3n) is 12.1. The van der Waals surface area contributed by atoms with Crippen LogP contribution in [0.2, 0.25) is 0 Å². The second-order valence-electron chi connectivity index (χ2n) is 18.5. The maximum Gasteiger partial charge on any atom is 0.306 e. The number of hydrogen-bond acceptors (Lipinski definition) is 6. The molecule has 6 nitrogen and oxygen atoms in total. The largest absolute Gasteiger partial charge is 0.462 e. The van der Waals surface area contributed by atoms with Crippen molar-refractivity contribution in [2.24, 2.45) is 0 Å². The highest BCUT2D eigenvalue weighted by Gasteiger charge is 2.19. The lowest BCUT2D eigenvalue weighted by atomic mass is 10.1. The van der Waals surface area contributed by atoms with E-state index in [1.54, 1.807) is 0 Å². The van der Waals surface area contributed by atoms with Gasteiger partial charge in [0.1, 0.15) is 13.2 Å². The summed E-state index contributed by atoms with van der Waals surface area (Å²) in [7, 11) is 0. The van der Waals surface area contributed by atoms with Crippen molar-refractivity contribution in [3.05, 3.63) is 48.6 Å². The van der Waals surface area contributed by atoms with E-state index < -0.39 is 6.10 Å². The number of esters is 3. The van der Waals surface area contributed by atoms with Gasteiger partial charge >= 0.3 is 17.9 Å². The van der Waals surface area contributed by atoms with Gasteiger partial charge in [-0.1, -0.05) is 230 Å². The van der Waals surface area contributed by atoms with Crippen molar-refractivity contribution < 1.29 is 28.6 Å². The molecule has 0 saturated carbocycles. The van der Waals surface area contributed by atoms with Gasteiger partial charge in [-0.3, -0.25) is 14.4 Å². The maximum atomic E-state index is 12.8. The molecule has 64 heavy (non-hydrogen) atoms. The lowest BCUT2D eigenvalue weighted by Gasteiger charge is -2.18. The van der Waals surface area contributed by atoms with E-state index in [2.05, 4.69) is 69.4 Å². The molecule has 1 unspecified atom stereocenters. The fourth-order valence-electron chi connectivity index (χ4n) is 7.86. The Morgan fingerprint density at radius 3 is 0.891 bits per heavy atom. The number of hydrogen-bond donors (Lipinski definition) is 0. The molecule has 0 aromatic rings. The molecule has 0 aliphatic heterocycles. The Balaban J connectivity index is 4.13. The predicted octanol–water partition coefficient (Wildman–Crippen LogP) is 18.3. The average Bonchev–Trinajstić information content (AvgIpc) is 3.29. The van der Waals surface area contributed by atoms with Crippen molar-refractivity contribution in [1.29, 1.82) is 0 Å². The zero-order valence-electron chi connectivity index (χ0n) is 42.6. The van der Waals surface area contributed by atoms with Crippen LogP contribution in [0.25, 0.3) is 0 Å². The van der Waals surface area contributed by atoms with Crippen molar-refractivity contribution >= 4 is 17.9 Å². The van der Waals surface area contributed by atoms with Crippen LogP contribution in [0.15, 0.2) is 48.6 Å². The molecule has 0 N–H and O–H groups in total. The predicted molar refractivity (Wildman–Crippen MR) is 275 cm³/mol. The van der Waals surface area contributed by atoms with E-state index in [9.17, 15) is 14.4 Å². The zero-order valence-corrected chi connectivity index (χ0v) is 42.6. The summed E-state index contributed by atoms with van der Waals surface area (Å²) in [5.41, 5.74) is 0. The standard InChI is InChI=1S/C58H104O6/c1-4-7-10-13-15-17-19-21-23-25-27-28-29-30-31-33-34-36-38-40-42-45-48-51-57(60)63-54-55(53-62-56(59)50-47-44-12-9-6-3)64-58(61)52-49-46-43-41-39-37-35-32-26-24-22-20-18-16-14-11-8-5-2/h19,21,24-27,29-30,55H,4-18,20,22-23,28,31-54H2,1-3H3/b21-19-,26-24-,27-25-,30-29-. The first-order chi connectivity index (χ1) is 31.5. The van der Waals surface area contributed by atoms with E-state index >= 15 is 0 Å². The summed E-state index contributed by atoms with van der Waals surface area (Å²) in [6, 6.07) is 0. The maximum absolute atomic E-state index is 12.8. The van der Waals surface area contributed by atoms with Gasteiger partial charge in [0, 0.05) is 19.3 Å². The van der Waals surface area contributed by atoms with Crippen LogP contribution in [0.4, 0.5) is 0 Å². The molecule has 0 spiro atoms. The highest BCUT2D eigenvalue weighted by molar-refractivity contribution is 5.71. The molecule has 0 amide bonds. The second kappa shape index (κ2) is 53.0. The van der Waals surface area contributed by atoms with Crippen LogP contribution < -0.4 is 0 Å². The van der Waals surface area contributed by atoms with Gasteiger partial charge in [-0.05, 0) is 83.5 Å². The third-order valence-corrected chi connectivity index (χ3v) is 12.1. The van der Waals surface area contributed by atoms with Crippen LogP contribution in [0.3, 0.4) is 0 Å². The third kappa shape index (κ3) is 50.4. The van der Waals surface area contributed by atoms with Crippen LogP contribution in [-0.2, 0) is 28.6 Å². The van der Waals surface area contributed by atoms with E-state index in [0.717, 1.165) is 83.5 Å². The van der Waals surface area contributed by atoms with Crippen molar-refractivity contribution in [3.63, 3.8) is 0 Å². The monoisotopic (exact) mass is 897 g/mol. The number of rotatable bonds is 50. The van der Waals surface area contributed by atoms with E-state index in [4.69, 9.17) is 14.2 Å². The molecule has 0 radical (unpaired) electrons. The summed E-state index contributed by atoms with van der Waals surface area (Å²) < 4.78 is 16.7. The number of allylic oxidation sites excluding steroid dienone is 8. The molecular formula is C58H104O6. The summed E-state index contributed by atoms with van der Waals surface area (Å²) in [6.07, 6.45) is 64.2. The minimum absolute atomic E-state index is 0.0772. The van der Waals surface area contributed by atoms with Gasteiger partial charge in [0.05, 0.1) is 0 Å². The first-order valence-corrected chi connectivity index (χ1v) is 27.6. The first-order valence-electron chi connectivity index (χ1n) is 27.6. The Morgan fingerprint density at radius 1 is 0.312 bits per heavy atom. The molecule has 0 aliphatic carbocycles. The summed E-state index contributed by atoms with van der Waals surface area (Å²) in [5.74, 6) is -0.894. The van der Waals surface area contributed by atoms with Gasteiger partial charge in [-0.25, -0.2) is 0 Å². The topological polar surface area (TPSA) is 78.9 Å². The van der Waals surface area contributed by atoms with Crippen molar-refractivity contribution in [2.45, 2.75) is 290 Å². The summed E-state index contributed by atoms with van der Waals surface area (Å²) >= 11 is 0. The molecule has 0 aliphatic rings. The van der Waals surface area contributed by atoms with Gasteiger partial charge in [-0.2, -0.15) is 0 Å². The molecule has 1 atom stereocenters. The van der Waals surface area contributed by atoms with Crippen LogP contribution >= 0.6 is 0 Å². The number of carbonyl (C=O) groups excluding carboxylic acids is 3. The van der Waals surface area contributed by atoms with Crippen molar-refractivity contribution in [2.75, 3.05) is 13.2 Å². The summed E-state index contributed by atoms with van der Waals surface area (Å²) in [5, 5.41) is 0. The van der Waals surface area contributed by atoms with Gasteiger partial charge in [0.2, 0.25) is 0 Å². The number of carbonyl (C=O) groups is 3. The lowest BCUT2D eigenvalue weighted by Crippen LogP contribution is -2.30. The Bertz CT molecular complexity index is 1120. The number of ether oxygens (including phenoxy) is 3. The van der Waals surface area contributed by atoms with Crippen LogP contribution in [0.5, 0.6) is 0 Å². The van der Waals surface area contributed by atoms with Gasteiger partial charge in [0.15, 0.2) is 6.10 Å². The van der Waals surface area contributed by atoms with E-state index in [-0.39, 0.29) is 31.1 Å². The van der Waals surface area contributed by atoms with E-state index in [0.29, 0.717) is 19.3 Å². The Morgan fingerprint density at radius 2 is 0.562 bits per heavy atom.